The highest BCUT2D eigenvalue weighted by Crippen LogP contribution is 2.26. The third kappa shape index (κ3) is 2.50. The molecule has 1 nitrogen and oxygen atoms in total. The maximum Gasteiger partial charge on any atom is 0.120 e. The van der Waals surface area contributed by atoms with Gasteiger partial charge < -0.3 is 4.74 Å². The highest BCUT2D eigenvalue weighted by Gasteiger charge is 2.14. The zero-order valence-corrected chi connectivity index (χ0v) is 11.0. The molecule has 18 heavy (non-hydrogen) atoms. The number of rotatable bonds is 2. The first kappa shape index (κ1) is 11.6. The van der Waals surface area contributed by atoms with Crippen LogP contribution in [0.5, 0.6) is 5.75 Å². The summed E-state index contributed by atoms with van der Waals surface area (Å²) in [5.41, 5.74) is 1.31. The average Bonchev–Trinajstić information content (AvgIpc) is 2.40. The molecule has 94 valence electrons. The quantitative estimate of drug-likeness (QED) is 0.728. The van der Waals surface area contributed by atoms with E-state index in [1.54, 1.807) is 0 Å². The first-order chi connectivity index (χ1) is 8.81. The van der Waals surface area contributed by atoms with Crippen molar-refractivity contribution in [1.82, 2.24) is 0 Å². The minimum Gasteiger partial charge on any atom is -0.490 e. The summed E-state index contributed by atoms with van der Waals surface area (Å²) in [5.74, 6) is 1.03. The van der Waals surface area contributed by atoms with Crippen molar-refractivity contribution in [3.63, 3.8) is 0 Å². The van der Waals surface area contributed by atoms with Gasteiger partial charge in [-0.1, -0.05) is 36.2 Å². The van der Waals surface area contributed by atoms with Gasteiger partial charge in [0.1, 0.15) is 5.75 Å². The number of hydrogen-bond donors (Lipinski definition) is 0. The highest BCUT2D eigenvalue weighted by molar-refractivity contribution is 5.84. The molecule has 3 rings (SSSR count). The summed E-state index contributed by atoms with van der Waals surface area (Å²) in [7, 11) is 0. The molecule has 1 fully saturated rings. The number of benzene rings is 2. The van der Waals surface area contributed by atoms with Crippen molar-refractivity contribution in [3.05, 3.63) is 42.0 Å². The Morgan fingerprint density at radius 3 is 2.44 bits per heavy atom. The van der Waals surface area contributed by atoms with Gasteiger partial charge in [-0.2, -0.15) is 0 Å². The summed E-state index contributed by atoms with van der Waals surface area (Å²) >= 11 is 0. The SMILES string of the molecule is Cc1ccc2cc(OC3CCCCC3)ccc2c1. The number of hydrogen-bond acceptors (Lipinski definition) is 1. The first-order valence-electron chi connectivity index (χ1n) is 6.98. The second-order valence-corrected chi connectivity index (χ2v) is 5.39. The predicted octanol–water partition coefficient (Wildman–Crippen LogP) is 4.86. The normalized spacial score (nSPS) is 16.9. The molecular formula is C17H20O. The molecule has 0 N–H and O–H groups in total. The van der Waals surface area contributed by atoms with Crippen molar-refractivity contribution in [1.29, 1.82) is 0 Å². The van der Waals surface area contributed by atoms with Crippen LogP contribution in [0.4, 0.5) is 0 Å². The molecule has 0 saturated heterocycles. The number of aryl methyl sites for hydroxylation is 1. The van der Waals surface area contributed by atoms with Gasteiger partial charge in [0.05, 0.1) is 6.10 Å². The Morgan fingerprint density at radius 2 is 1.61 bits per heavy atom. The number of fused-ring (bicyclic) bond motifs is 1. The summed E-state index contributed by atoms with van der Waals surface area (Å²) in [4.78, 5) is 0. The molecular weight excluding hydrogens is 220 g/mol. The summed E-state index contributed by atoms with van der Waals surface area (Å²) in [5, 5.41) is 2.57. The van der Waals surface area contributed by atoms with E-state index in [1.807, 2.05) is 0 Å². The highest BCUT2D eigenvalue weighted by atomic mass is 16.5. The molecule has 1 aliphatic rings. The molecule has 0 unspecified atom stereocenters. The standard InChI is InChI=1S/C17H20O/c1-13-7-8-15-12-17(10-9-14(15)11-13)18-16-5-3-2-4-6-16/h7-12,16H,2-6H2,1H3. The molecule has 0 bridgehead atoms. The number of ether oxygens (including phenoxy) is 1. The van der Waals surface area contributed by atoms with Gasteiger partial charge in [0, 0.05) is 0 Å². The topological polar surface area (TPSA) is 9.23 Å². The molecule has 1 heteroatoms. The van der Waals surface area contributed by atoms with Crippen LogP contribution in [0.3, 0.4) is 0 Å². The summed E-state index contributed by atoms with van der Waals surface area (Å²) in [6, 6.07) is 13.0. The molecule has 0 aromatic heterocycles. The van der Waals surface area contributed by atoms with Gasteiger partial charge in [0.15, 0.2) is 0 Å². The van der Waals surface area contributed by atoms with E-state index in [0.717, 1.165) is 5.75 Å². The summed E-state index contributed by atoms with van der Waals surface area (Å²) < 4.78 is 6.09. The van der Waals surface area contributed by atoms with E-state index in [9.17, 15) is 0 Å². The maximum absolute atomic E-state index is 6.09. The molecule has 0 heterocycles. The van der Waals surface area contributed by atoms with Crippen LogP contribution in [0.2, 0.25) is 0 Å². The minimum absolute atomic E-state index is 0.432. The Hall–Kier alpha value is -1.50. The monoisotopic (exact) mass is 240 g/mol. The third-order valence-corrected chi connectivity index (χ3v) is 3.82. The zero-order chi connectivity index (χ0) is 12.4. The van der Waals surface area contributed by atoms with Crippen LogP contribution in [0.1, 0.15) is 37.7 Å². The molecule has 0 aliphatic heterocycles. The van der Waals surface area contributed by atoms with Crippen LogP contribution >= 0.6 is 0 Å². The zero-order valence-electron chi connectivity index (χ0n) is 11.0. The Balaban J connectivity index is 1.82. The minimum atomic E-state index is 0.432. The second-order valence-electron chi connectivity index (χ2n) is 5.39. The van der Waals surface area contributed by atoms with E-state index in [0.29, 0.717) is 6.10 Å². The fourth-order valence-corrected chi connectivity index (χ4v) is 2.79. The molecule has 1 saturated carbocycles. The van der Waals surface area contributed by atoms with Crippen molar-refractivity contribution in [2.45, 2.75) is 45.1 Å². The van der Waals surface area contributed by atoms with E-state index in [2.05, 4.69) is 43.3 Å². The molecule has 2 aromatic rings. The summed E-state index contributed by atoms with van der Waals surface area (Å²) in [6.45, 7) is 2.13. The van der Waals surface area contributed by atoms with Crippen molar-refractivity contribution >= 4 is 10.8 Å². The lowest BCUT2D eigenvalue weighted by atomic mass is 9.98. The first-order valence-corrected chi connectivity index (χ1v) is 6.98. The van der Waals surface area contributed by atoms with E-state index in [-0.39, 0.29) is 0 Å². The second kappa shape index (κ2) is 5.01. The lowest BCUT2D eigenvalue weighted by Gasteiger charge is -2.23. The molecule has 0 radical (unpaired) electrons. The van der Waals surface area contributed by atoms with Gasteiger partial charge in [-0.15, -0.1) is 0 Å². The van der Waals surface area contributed by atoms with Gasteiger partial charge in [-0.25, -0.2) is 0 Å². The molecule has 0 amide bonds. The van der Waals surface area contributed by atoms with Crippen LogP contribution in [0.15, 0.2) is 36.4 Å². The Kier molecular flexibility index (Phi) is 3.22. The largest absolute Gasteiger partial charge is 0.490 e. The van der Waals surface area contributed by atoms with Crippen molar-refractivity contribution in [2.24, 2.45) is 0 Å². The van der Waals surface area contributed by atoms with E-state index >= 15 is 0 Å². The lowest BCUT2D eigenvalue weighted by Crippen LogP contribution is -2.19. The lowest BCUT2D eigenvalue weighted by molar-refractivity contribution is 0.155. The van der Waals surface area contributed by atoms with Crippen LogP contribution in [0.25, 0.3) is 10.8 Å². The van der Waals surface area contributed by atoms with Gasteiger partial charge >= 0.3 is 0 Å². The van der Waals surface area contributed by atoms with E-state index in [4.69, 9.17) is 4.74 Å². The maximum atomic E-state index is 6.09. The Bertz CT molecular complexity index is 538. The predicted molar refractivity (Wildman–Crippen MR) is 76.2 cm³/mol. The molecule has 0 atom stereocenters. The molecule has 0 spiro atoms. The Labute approximate surface area is 109 Å². The molecule has 1 aliphatic carbocycles. The van der Waals surface area contributed by atoms with Crippen LogP contribution < -0.4 is 4.74 Å². The van der Waals surface area contributed by atoms with Gasteiger partial charge in [0.25, 0.3) is 0 Å². The molecule has 2 aromatic carbocycles. The van der Waals surface area contributed by atoms with Gasteiger partial charge in [0.2, 0.25) is 0 Å². The summed E-state index contributed by atoms with van der Waals surface area (Å²) in [6.07, 6.45) is 6.87. The van der Waals surface area contributed by atoms with Gasteiger partial charge in [-0.05, 0) is 55.5 Å². The smallest absolute Gasteiger partial charge is 0.120 e. The van der Waals surface area contributed by atoms with Crippen LogP contribution in [-0.4, -0.2) is 6.10 Å². The third-order valence-electron chi connectivity index (χ3n) is 3.82. The average molecular weight is 240 g/mol. The van der Waals surface area contributed by atoms with Gasteiger partial charge in [-0.3, -0.25) is 0 Å². The van der Waals surface area contributed by atoms with E-state index < -0.39 is 0 Å². The van der Waals surface area contributed by atoms with Crippen LogP contribution in [-0.2, 0) is 0 Å². The van der Waals surface area contributed by atoms with Crippen molar-refractivity contribution < 1.29 is 4.74 Å². The van der Waals surface area contributed by atoms with Crippen LogP contribution in [0, 0.1) is 6.92 Å². The van der Waals surface area contributed by atoms with E-state index in [1.165, 1.54) is 48.4 Å². The fraction of sp³-hybridized carbons (Fsp3) is 0.412. The van der Waals surface area contributed by atoms with Crippen molar-refractivity contribution in [3.8, 4) is 5.75 Å². The Morgan fingerprint density at radius 1 is 0.889 bits per heavy atom. The van der Waals surface area contributed by atoms with Crippen molar-refractivity contribution in [2.75, 3.05) is 0 Å². The fourth-order valence-electron chi connectivity index (χ4n) is 2.79.